The third kappa shape index (κ3) is 3.51. The Hall–Kier alpha value is -2.60. The van der Waals surface area contributed by atoms with Gasteiger partial charge in [0.1, 0.15) is 6.54 Å². The summed E-state index contributed by atoms with van der Waals surface area (Å²) in [5, 5.41) is 18.7. The summed E-state index contributed by atoms with van der Waals surface area (Å²) >= 11 is 0. The molecule has 1 amide bonds. The van der Waals surface area contributed by atoms with E-state index in [2.05, 4.69) is 29.5 Å². The summed E-state index contributed by atoms with van der Waals surface area (Å²) in [7, 11) is 0. The smallest absolute Gasteiger partial charge is 0.240 e. The van der Waals surface area contributed by atoms with E-state index in [1.807, 2.05) is 39.8 Å². The lowest BCUT2D eigenvalue weighted by Crippen LogP contribution is -2.41. The van der Waals surface area contributed by atoms with Gasteiger partial charge in [-0.05, 0) is 55.3 Å². The molecule has 1 aliphatic carbocycles. The van der Waals surface area contributed by atoms with Gasteiger partial charge in [-0.3, -0.25) is 9.48 Å². The van der Waals surface area contributed by atoms with Crippen LogP contribution in [0.1, 0.15) is 18.4 Å². The van der Waals surface area contributed by atoms with Gasteiger partial charge < -0.3 is 15.0 Å². The molecule has 1 unspecified atom stereocenters. The summed E-state index contributed by atoms with van der Waals surface area (Å²) in [6.07, 6.45) is 6.60. The van der Waals surface area contributed by atoms with E-state index in [0.29, 0.717) is 12.3 Å². The Kier molecular flexibility index (Phi) is 4.51. The molecule has 1 saturated carbocycles. The Labute approximate surface area is 152 Å². The molecule has 0 radical (unpaired) electrons. The molecule has 136 valence electrons. The van der Waals surface area contributed by atoms with Gasteiger partial charge in [0, 0.05) is 30.7 Å². The van der Waals surface area contributed by atoms with E-state index in [1.165, 1.54) is 5.56 Å². The minimum atomic E-state index is -0.497. The number of fused-ring (bicyclic) bond motifs is 1. The highest BCUT2D eigenvalue weighted by molar-refractivity contribution is 5.84. The van der Waals surface area contributed by atoms with Crippen molar-refractivity contribution in [2.75, 3.05) is 0 Å². The number of benzene rings is 1. The summed E-state index contributed by atoms with van der Waals surface area (Å²) in [5.41, 5.74) is 2.26. The van der Waals surface area contributed by atoms with Crippen LogP contribution in [-0.2, 0) is 17.9 Å². The molecular weight excluding hydrogens is 328 g/mol. The highest BCUT2D eigenvalue weighted by Gasteiger charge is 2.34. The maximum Gasteiger partial charge on any atom is 0.240 e. The predicted molar refractivity (Wildman–Crippen MR) is 99.6 cm³/mol. The van der Waals surface area contributed by atoms with E-state index < -0.39 is 6.10 Å². The Morgan fingerprint density at radius 2 is 2.19 bits per heavy atom. The van der Waals surface area contributed by atoms with Crippen molar-refractivity contribution in [3.05, 3.63) is 54.5 Å². The maximum atomic E-state index is 12.5. The fraction of sp³-hybridized carbons (Fsp3) is 0.400. The van der Waals surface area contributed by atoms with Gasteiger partial charge in [-0.25, -0.2) is 0 Å². The summed E-state index contributed by atoms with van der Waals surface area (Å²) in [5.74, 6) is 0.262. The van der Waals surface area contributed by atoms with E-state index in [-0.39, 0.29) is 18.5 Å². The number of aliphatic hydroxyl groups is 1. The monoisotopic (exact) mass is 352 g/mol. The number of rotatable bonds is 5. The molecule has 3 aromatic rings. The van der Waals surface area contributed by atoms with Gasteiger partial charge in [0.15, 0.2) is 0 Å². The molecule has 1 aliphatic rings. The number of hydrogen-bond acceptors (Lipinski definition) is 3. The molecule has 0 aliphatic heterocycles. The summed E-state index contributed by atoms with van der Waals surface area (Å²) in [6, 6.07) is 9.95. The van der Waals surface area contributed by atoms with Gasteiger partial charge in [0.05, 0.1) is 12.1 Å². The molecule has 6 heteroatoms. The van der Waals surface area contributed by atoms with Crippen LogP contribution in [0.15, 0.2) is 48.9 Å². The summed E-state index contributed by atoms with van der Waals surface area (Å²) in [6.45, 7) is 3.10. The predicted octanol–water partition coefficient (Wildman–Crippen LogP) is 2.10. The second kappa shape index (κ2) is 6.96. The summed E-state index contributed by atoms with van der Waals surface area (Å²) in [4.78, 5) is 12.5. The van der Waals surface area contributed by atoms with Crippen molar-refractivity contribution in [2.24, 2.45) is 5.92 Å². The molecule has 0 bridgehead atoms. The molecule has 3 atom stereocenters. The van der Waals surface area contributed by atoms with Gasteiger partial charge in [-0.1, -0.05) is 11.6 Å². The van der Waals surface area contributed by atoms with Crippen LogP contribution in [0.4, 0.5) is 0 Å². The normalized spacial score (nSPS) is 22.8. The molecule has 2 aromatic heterocycles. The number of amides is 1. The zero-order chi connectivity index (χ0) is 18.1. The first-order valence-corrected chi connectivity index (χ1v) is 9.09. The molecule has 0 saturated heterocycles. The summed E-state index contributed by atoms with van der Waals surface area (Å²) < 4.78 is 3.84. The van der Waals surface area contributed by atoms with Crippen molar-refractivity contribution in [1.29, 1.82) is 0 Å². The first-order chi connectivity index (χ1) is 12.6. The number of aliphatic hydroxyl groups excluding tert-OH is 1. The van der Waals surface area contributed by atoms with E-state index in [9.17, 15) is 9.90 Å². The zero-order valence-corrected chi connectivity index (χ0v) is 14.9. The lowest BCUT2D eigenvalue weighted by molar-refractivity contribution is -0.122. The van der Waals surface area contributed by atoms with Crippen molar-refractivity contribution < 1.29 is 9.90 Å². The number of nitrogens with one attached hydrogen (secondary N) is 1. The SMILES string of the molecule is Cc1ccc2c(ccn2CC(=O)N[C@@H]2CC(Cn3cccn3)C[C@H]2O)c1. The minimum Gasteiger partial charge on any atom is -0.391 e. The molecular formula is C20H24N4O2. The second-order valence-electron chi connectivity index (χ2n) is 7.31. The Morgan fingerprint density at radius 3 is 3.00 bits per heavy atom. The zero-order valence-electron chi connectivity index (χ0n) is 14.9. The van der Waals surface area contributed by atoms with Crippen LogP contribution in [0.2, 0.25) is 0 Å². The molecule has 1 aromatic carbocycles. The second-order valence-corrected chi connectivity index (χ2v) is 7.31. The molecule has 2 N–H and O–H groups in total. The average molecular weight is 352 g/mol. The van der Waals surface area contributed by atoms with Crippen LogP contribution in [0.25, 0.3) is 10.9 Å². The van der Waals surface area contributed by atoms with Gasteiger partial charge in [-0.15, -0.1) is 0 Å². The number of hydrogen-bond donors (Lipinski definition) is 2. The van der Waals surface area contributed by atoms with Crippen LogP contribution in [0.3, 0.4) is 0 Å². The van der Waals surface area contributed by atoms with Crippen molar-refractivity contribution in [3.63, 3.8) is 0 Å². The van der Waals surface area contributed by atoms with Crippen LogP contribution in [0, 0.1) is 12.8 Å². The lowest BCUT2D eigenvalue weighted by Gasteiger charge is -2.17. The first-order valence-electron chi connectivity index (χ1n) is 9.09. The average Bonchev–Trinajstić information content (AvgIpc) is 3.31. The van der Waals surface area contributed by atoms with E-state index in [1.54, 1.807) is 6.20 Å². The maximum absolute atomic E-state index is 12.5. The highest BCUT2D eigenvalue weighted by Crippen LogP contribution is 2.27. The number of aromatic nitrogens is 3. The fourth-order valence-corrected chi connectivity index (χ4v) is 3.96. The van der Waals surface area contributed by atoms with Crippen molar-refractivity contribution in [1.82, 2.24) is 19.7 Å². The Balaban J connectivity index is 1.36. The number of carbonyl (C=O) groups excluding carboxylic acids is 1. The van der Waals surface area contributed by atoms with E-state index in [4.69, 9.17) is 0 Å². The topological polar surface area (TPSA) is 72.1 Å². The number of aryl methyl sites for hydroxylation is 1. The molecule has 6 nitrogen and oxygen atoms in total. The van der Waals surface area contributed by atoms with Crippen molar-refractivity contribution >= 4 is 16.8 Å². The molecule has 2 heterocycles. The van der Waals surface area contributed by atoms with Crippen LogP contribution in [0.5, 0.6) is 0 Å². The van der Waals surface area contributed by atoms with E-state index in [0.717, 1.165) is 23.9 Å². The number of nitrogens with zero attached hydrogens (tertiary/aromatic N) is 3. The van der Waals surface area contributed by atoms with Gasteiger partial charge in [-0.2, -0.15) is 5.10 Å². The Morgan fingerprint density at radius 1 is 1.31 bits per heavy atom. The quantitative estimate of drug-likeness (QED) is 0.739. The largest absolute Gasteiger partial charge is 0.391 e. The third-order valence-electron chi connectivity index (χ3n) is 5.22. The lowest BCUT2D eigenvalue weighted by atomic mass is 10.1. The van der Waals surface area contributed by atoms with Gasteiger partial charge in [0.25, 0.3) is 0 Å². The molecule has 1 fully saturated rings. The Bertz CT molecular complexity index is 900. The standard InChI is InChI=1S/C20H24N4O2/c1-14-3-4-18-16(9-14)5-8-23(18)13-20(26)22-17-10-15(11-19(17)25)12-24-7-2-6-21-24/h2-9,15,17,19,25H,10-13H2,1H3,(H,22,26)/t15?,17-,19-/m1/s1. The highest BCUT2D eigenvalue weighted by atomic mass is 16.3. The number of carbonyl (C=O) groups is 1. The third-order valence-corrected chi connectivity index (χ3v) is 5.22. The van der Waals surface area contributed by atoms with Crippen molar-refractivity contribution in [2.45, 2.75) is 45.0 Å². The minimum absolute atomic E-state index is 0.0631. The van der Waals surface area contributed by atoms with E-state index >= 15 is 0 Å². The first kappa shape index (κ1) is 16.8. The molecule has 4 rings (SSSR count). The van der Waals surface area contributed by atoms with Gasteiger partial charge >= 0.3 is 0 Å². The fourth-order valence-electron chi connectivity index (χ4n) is 3.96. The van der Waals surface area contributed by atoms with Crippen molar-refractivity contribution in [3.8, 4) is 0 Å². The van der Waals surface area contributed by atoms with Crippen LogP contribution < -0.4 is 5.32 Å². The molecule has 0 spiro atoms. The van der Waals surface area contributed by atoms with Crippen LogP contribution in [-0.4, -0.2) is 37.5 Å². The molecule has 26 heavy (non-hydrogen) atoms. The van der Waals surface area contributed by atoms with Gasteiger partial charge in [0.2, 0.25) is 5.91 Å². The van der Waals surface area contributed by atoms with Crippen LogP contribution >= 0.6 is 0 Å².